The van der Waals surface area contributed by atoms with Gasteiger partial charge in [0, 0.05) is 5.02 Å². The van der Waals surface area contributed by atoms with Gasteiger partial charge in [-0.15, -0.1) is 0 Å². The molecule has 0 saturated carbocycles. The number of nitrogens with one attached hydrogen (secondary N) is 1. The van der Waals surface area contributed by atoms with E-state index in [1.165, 1.54) is 41.6 Å². The molecule has 6 nitrogen and oxygen atoms in total. The fourth-order valence-corrected chi connectivity index (χ4v) is 3.23. The van der Waals surface area contributed by atoms with Gasteiger partial charge in [0.15, 0.2) is 0 Å². The summed E-state index contributed by atoms with van der Waals surface area (Å²) < 4.78 is 41.9. The van der Waals surface area contributed by atoms with Crippen LogP contribution in [0.25, 0.3) is 5.69 Å². The van der Waals surface area contributed by atoms with Crippen molar-refractivity contribution < 1.29 is 12.8 Å². The van der Waals surface area contributed by atoms with E-state index < -0.39 is 15.8 Å². The first-order valence-corrected chi connectivity index (χ1v) is 8.25. The molecule has 0 radical (unpaired) electrons. The summed E-state index contributed by atoms with van der Waals surface area (Å²) in [7, 11) is -3.98. The number of aromatic nitrogens is 3. The molecule has 23 heavy (non-hydrogen) atoms. The van der Waals surface area contributed by atoms with E-state index in [1.54, 1.807) is 12.1 Å². The van der Waals surface area contributed by atoms with Gasteiger partial charge in [-0.2, -0.15) is 5.10 Å². The van der Waals surface area contributed by atoms with Crippen LogP contribution in [0.1, 0.15) is 0 Å². The summed E-state index contributed by atoms with van der Waals surface area (Å²) in [5.41, 5.74) is 0.638. The van der Waals surface area contributed by atoms with Crippen molar-refractivity contribution in [3.8, 4) is 5.69 Å². The maximum atomic E-state index is 13.3. The largest absolute Gasteiger partial charge is 0.277 e. The van der Waals surface area contributed by atoms with Gasteiger partial charge in [0.1, 0.15) is 18.5 Å². The van der Waals surface area contributed by atoms with E-state index in [0.717, 1.165) is 6.07 Å². The van der Waals surface area contributed by atoms with Crippen molar-refractivity contribution in [3.63, 3.8) is 0 Å². The molecule has 0 aliphatic carbocycles. The molecule has 3 rings (SSSR count). The molecule has 3 aromatic rings. The third kappa shape index (κ3) is 3.33. The summed E-state index contributed by atoms with van der Waals surface area (Å²) in [6.45, 7) is 0. The Labute approximate surface area is 136 Å². The zero-order chi connectivity index (χ0) is 16.4. The van der Waals surface area contributed by atoms with Crippen LogP contribution in [-0.2, 0) is 10.0 Å². The molecule has 0 fully saturated rings. The molecular formula is C14H10ClFN4O2S. The van der Waals surface area contributed by atoms with Gasteiger partial charge in [-0.05, 0) is 36.4 Å². The molecule has 118 valence electrons. The van der Waals surface area contributed by atoms with Crippen molar-refractivity contribution in [3.05, 3.63) is 66.0 Å². The lowest BCUT2D eigenvalue weighted by atomic mass is 10.3. The van der Waals surface area contributed by atoms with Gasteiger partial charge in [-0.25, -0.2) is 22.5 Å². The first-order chi connectivity index (χ1) is 11.0. The molecule has 9 heteroatoms. The number of rotatable bonds is 4. The Balaban J connectivity index is 2.04. The number of nitrogens with zero attached hydrogens (tertiary/aromatic N) is 3. The highest BCUT2D eigenvalue weighted by Gasteiger charge is 2.18. The minimum atomic E-state index is -3.98. The second-order valence-electron chi connectivity index (χ2n) is 4.56. The average molecular weight is 353 g/mol. The van der Waals surface area contributed by atoms with Crippen molar-refractivity contribution in [2.75, 3.05) is 4.72 Å². The van der Waals surface area contributed by atoms with E-state index in [2.05, 4.69) is 14.8 Å². The number of sulfonamides is 1. The first-order valence-electron chi connectivity index (χ1n) is 6.39. The van der Waals surface area contributed by atoms with Gasteiger partial charge in [-0.1, -0.05) is 17.7 Å². The van der Waals surface area contributed by atoms with Crippen molar-refractivity contribution >= 4 is 27.3 Å². The minimum absolute atomic E-state index is 0.193. The lowest BCUT2D eigenvalue weighted by Crippen LogP contribution is -2.15. The van der Waals surface area contributed by atoms with Crippen LogP contribution in [0, 0.1) is 5.82 Å². The second kappa shape index (κ2) is 5.98. The molecule has 1 heterocycles. The van der Waals surface area contributed by atoms with Crippen molar-refractivity contribution in [1.29, 1.82) is 0 Å². The van der Waals surface area contributed by atoms with E-state index in [0.29, 0.717) is 10.7 Å². The molecule has 0 spiro atoms. The molecule has 0 unspecified atom stereocenters. The number of hydrogen-bond donors (Lipinski definition) is 1. The summed E-state index contributed by atoms with van der Waals surface area (Å²) in [6.07, 6.45) is 2.74. The van der Waals surface area contributed by atoms with E-state index >= 15 is 0 Å². The summed E-state index contributed by atoms with van der Waals surface area (Å²) >= 11 is 5.94. The van der Waals surface area contributed by atoms with Gasteiger partial charge in [0.2, 0.25) is 0 Å². The molecule has 0 bridgehead atoms. The Morgan fingerprint density at radius 2 is 2.00 bits per heavy atom. The van der Waals surface area contributed by atoms with Gasteiger partial charge >= 0.3 is 0 Å². The molecule has 1 aromatic heterocycles. The SMILES string of the molecule is O=S(=O)(Nc1cc(Cl)ccc1-n1cncn1)c1cccc(F)c1. The normalized spacial score (nSPS) is 11.4. The smallest absolute Gasteiger partial charge is 0.262 e. The van der Waals surface area contributed by atoms with Crippen LogP contribution < -0.4 is 4.72 Å². The molecule has 0 saturated heterocycles. The molecule has 0 amide bonds. The van der Waals surface area contributed by atoms with Crippen LogP contribution in [0.5, 0.6) is 0 Å². The highest BCUT2D eigenvalue weighted by atomic mass is 35.5. The number of anilines is 1. The molecular weight excluding hydrogens is 343 g/mol. The van der Waals surface area contributed by atoms with E-state index in [1.807, 2.05) is 0 Å². The Kier molecular flexibility index (Phi) is 4.01. The van der Waals surface area contributed by atoms with E-state index in [4.69, 9.17) is 11.6 Å². The third-order valence-corrected chi connectivity index (χ3v) is 4.57. The predicted molar refractivity (Wildman–Crippen MR) is 83.6 cm³/mol. The van der Waals surface area contributed by atoms with Crippen LogP contribution >= 0.6 is 11.6 Å². The molecule has 0 atom stereocenters. The summed E-state index contributed by atoms with van der Waals surface area (Å²) in [6, 6.07) is 9.35. The fraction of sp³-hybridized carbons (Fsp3) is 0. The van der Waals surface area contributed by atoms with Gasteiger partial charge in [-0.3, -0.25) is 4.72 Å². The quantitative estimate of drug-likeness (QED) is 0.783. The molecule has 2 aromatic carbocycles. The second-order valence-corrected chi connectivity index (χ2v) is 6.68. The Morgan fingerprint density at radius 1 is 1.17 bits per heavy atom. The van der Waals surface area contributed by atoms with E-state index in [9.17, 15) is 12.8 Å². The van der Waals surface area contributed by atoms with E-state index in [-0.39, 0.29) is 10.6 Å². The predicted octanol–water partition coefficient (Wildman–Crippen LogP) is 2.86. The molecule has 1 N–H and O–H groups in total. The monoisotopic (exact) mass is 352 g/mol. The Hall–Kier alpha value is -2.45. The van der Waals surface area contributed by atoms with Gasteiger partial charge < -0.3 is 0 Å². The standard InChI is InChI=1S/C14H10ClFN4O2S/c15-10-4-5-14(20-9-17-8-18-20)13(6-10)19-23(21,22)12-3-1-2-11(16)7-12/h1-9,19H. The van der Waals surface area contributed by atoms with Crippen LogP contribution in [0.4, 0.5) is 10.1 Å². The fourth-order valence-electron chi connectivity index (χ4n) is 1.96. The Morgan fingerprint density at radius 3 is 2.70 bits per heavy atom. The average Bonchev–Trinajstić information content (AvgIpc) is 3.01. The third-order valence-electron chi connectivity index (χ3n) is 2.97. The Bertz CT molecular complexity index is 945. The van der Waals surface area contributed by atoms with Crippen LogP contribution in [0.3, 0.4) is 0 Å². The lowest BCUT2D eigenvalue weighted by Gasteiger charge is -2.13. The van der Waals surface area contributed by atoms with Crippen LogP contribution in [-0.4, -0.2) is 23.2 Å². The van der Waals surface area contributed by atoms with Crippen LogP contribution in [0.2, 0.25) is 5.02 Å². The van der Waals surface area contributed by atoms with Gasteiger partial charge in [0.25, 0.3) is 10.0 Å². The molecule has 0 aliphatic rings. The van der Waals surface area contributed by atoms with Gasteiger partial charge in [0.05, 0.1) is 16.3 Å². The minimum Gasteiger partial charge on any atom is -0.277 e. The summed E-state index contributed by atoms with van der Waals surface area (Å²) in [4.78, 5) is 3.63. The molecule has 0 aliphatic heterocycles. The highest BCUT2D eigenvalue weighted by molar-refractivity contribution is 7.92. The summed E-state index contributed by atoms with van der Waals surface area (Å²) in [5.74, 6) is -0.643. The highest BCUT2D eigenvalue weighted by Crippen LogP contribution is 2.26. The van der Waals surface area contributed by atoms with Crippen molar-refractivity contribution in [2.45, 2.75) is 4.90 Å². The zero-order valence-electron chi connectivity index (χ0n) is 11.5. The number of benzene rings is 2. The number of hydrogen-bond acceptors (Lipinski definition) is 4. The van der Waals surface area contributed by atoms with Crippen molar-refractivity contribution in [2.24, 2.45) is 0 Å². The first kappa shape index (κ1) is 15.4. The maximum Gasteiger partial charge on any atom is 0.262 e. The summed E-state index contributed by atoms with van der Waals surface area (Å²) in [5, 5.41) is 4.30. The topological polar surface area (TPSA) is 76.9 Å². The zero-order valence-corrected chi connectivity index (χ0v) is 13.1. The van der Waals surface area contributed by atoms with Crippen LogP contribution in [0.15, 0.2) is 60.0 Å². The van der Waals surface area contributed by atoms with Crippen molar-refractivity contribution in [1.82, 2.24) is 14.8 Å². The number of halogens is 2. The lowest BCUT2D eigenvalue weighted by molar-refractivity contribution is 0.595. The maximum absolute atomic E-state index is 13.3.